The number of urea groups is 1. The molecule has 1 aliphatic carbocycles. The van der Waals surface area contributed by atoms with E-state index in [9.17, 15) is 9.90 Å². The molecule has 6 nitrogen and oxygen atoms in total. The second-order valence-electron chi connectivity index (χ2n) is 5.85. The van der Waals surface area contributed by atoms with E-state index in [0.717, 1.165) is 31.4 Å². The predicted octanol–water partition coefficient (Wildman–Crippen LogP) is 1.49. The summed E-state index contributed by atoms with van der Waals surface area (Å²) in [6, 6.07) is 3.77. The average molecular weight is 295 g/mol. The lowest BCUT2D eigenvalue weighted by atomic mass is 9.93. The van der Waals surface area contributed by atoms with Gasteiger partial charge in [-0.05, 0) is 51.9 Å². The standard InChI is InChI=1S/C15H25N3O3/c1-18(2)13(14-4-3-9-21-14)10-16-15(20)17-11-5-7-12(19)8-6-11/h3-4,9,11-13,19H,5-8,10H2,1-2H3,(H2,16,17,20). The van der Waals surface area contributed by atoms with Crippen LogP contribution >= 0.6 is 0 Å². The fourth-order valence-electron chi connectivity index (χ4n) is 2.66. The van der Waals surface area contributed by atoms with E-state index in [4.69, 9.17) is 4.42 Å². The summed E-state index contributed by atoms with van der Waals surface area (Å²) < 4.78 is 5.41. The first-order valence-corrected chi connectivity index (χ1v) is 7.48. The molecular weight excluding hydrogens is 270 g/mol. The number of likely N-dealkylation sites (N-methyl/N-ethyl adjacent to an activating group) is 1. The fraction of sp³-hybridized carbons (Fsp3) is 0.667. The van der Waals surface area contributed by atoms with E-state index in [1.807, 2.05) is 31.1 Å². The molecular formula is C15H25N3O3. The Morgan fingerprint density at radius 1 is 1.43 bits per heavy atom. The van der Waals surface area contributed by atoms with E-state index in [2.05, 4.69) is 10.6 Å². The highest BCUT2D eigenvalue weighted by Crippen LogP contribution is 2.19. The molecule has 118 valence electrons. The maximum atomic E-state index is 12.0. The number of rotatable bonds is 5. The molecule has 6 heteroatoms. The monoisotopic (exact) mass is 295 g/mol. The molecule has 2 amide bonds. The number of amides is 2. The molecule has 0 aromatic carbocycles. The summed E-state index contributed by atoms with van der Waals surface area (Å²) in [5.74, 6) is 0.834. The summed E-state index contributed by atoms with van der Waals surface area (Å²) in [5, 5.41) is 15.3. The van der Waals surface area contributed by atoms with E-state index in [1.54, 1.807) is 6.26 Å². The molecule has 1 heterocycles. The maximum Gasteiger partial charge on any atom is 0.315 e. The van der Waals surface area contributed by atoms with E-state index >= 15 is 0 Å². The molecule has 1 aromatic rings. The maximum absolute atomic E-state index is 12.0. The number of hydrogen-bond acceptors (Lipinski definition) is 4. The summed E-state index contributed by atoms with van der Waals surface area (Å²) in [6.07, 6.45) is 4.63. The number of furan rings is 1. The largest absolute Gasteiger partial charge is 0.468 e. The first-order valence-electron chi connectivity index (χ1n) is 7.48. The topological polar surface area (TPSA) is 77.7 Å². The van der Waals surface area contributed by atoms with E-state index in [-0.39, 0.29) is 24.2 Å². The van der Waals surface area contributed by atoms with Crippen LogP contribution in [-0.4, -0.2) is 48.8 Å². The molecule has 1 fully saturated rings. The van der Waals surface area contributed by atoms with Crippen LogP contribution in [0, 0.1) is 0 Å². The summed E-state index contributed by atoms with van der Waals surface area (Å²) in [6.45, 7) is 0.488. The molecule has 3 N–H and O–H groups in total. The molecule has 0 saturated heterocycles. The lowest BCUT2D eigenvalue weighted by Gasteiger charge is -2.27. The lowest BCUT2D eigenvalue weighted by Crippen LogP contribution is -2.46. The third-order valence-electron chi connectivity index (χ3n) is 3.98. The molecule has 0 radical (unpaired) electrons. The molecule has 0 spiro atoms. The lowest BCUT2D eigenvalue weighted by molar-refractivity contribution is 0.117. The highest BCUT2D eigenvalue weighted by Gasteiger charge is 2.22. The van der Waals surface area contributed by atoms with Crippen LogP contribution in [0.5, 0.6) is 0 Å². The molecule has 0 aliphatic heterocycles. The average Bonchev–Trinajstić information content (AvgIpc) is 2.95. The van der Waals surface area contributed by atoms with Crippen molar-refractivity contribution in [3.05, 3.63) is 24.2 Å². The van der Waals surface area contributed by atoms with Crippen molar-refractivity contribution in [3.8, 4) is 0 Å². The molecule has 1 saturated carbocycles. The Morgan fingerprint density at radius 2 is 2.14 bits per heavy atom. The smallest absolute Gasteiger partial charge is 0.315 e. The van der Waals surface area contributed by atoms with Crippen LogP contribution < -0.4 is 10.6 Å². The van der Waals surface area contributed by atoms with Gasteiger partial charge in [0.15, 0.2) is 0 Å². The Bertz CT molecular complexity index is 425. The van der Waals surface area contributed by atoms with Crippen LogP contribution in [-0.2, 0) is 0 Å². The number of aliphatic hydroxyl groups excluding tert-OH is 1. The summed E-state index contributed by atoms with van der Waals surface area (Å²) in [4.78, 5) is 14.0. The molecule has 1 aromatic heterocycles. The van der Waals surface area contributed by atoms with Crippen molar-refractivity contribution in [2.75, 3.05) is 20.6 Å². The first kappa shape index (κ1) is 15.9. The summed E-state index contributed by atoms with van der Waals surface area (Å²) in [7, 11) is 3.91. The molecule has 1 atom stereocenters. The van der Waals surface area contributed by atoms with Crippen molar-refractivity contribution in [1.82, 2.24) is 15.5 Å². The minimum absolute atomic E-state index is 0.0129. The Kier molecular flexibility index (Phi) is 5.64. The van der Waals surface area contributed by atoms with Crippen LogP contribution in [0.25, 0.3) is 0 Å². The van der Waals surface area contributed by atoms with Crippen LogP contribution in [0.15, 0.2) is 22.8 Å². The zero-order valence-corrected chi connectivity index (χ0v) is 12.7. The molecule has 1 aliphatic rings. The molecule has 1 unspecified atom stereocenters. The van der Waals surface area contributed by atoms with Gasteiger partial charge < -0.3 is 20.2 Å². The van der Waals surface area contributed by atoms with Gasteiger partial charge in [0.05, 0.1) is 18.4 Å². The summed E-state index contributed by atoms with van der Waals surface area (Å²) in [5.41, 5.74) is 0. The number of hydrogen-bond donors (Lipinski definition) is 3. The quantitative estimate of drug-likeness (QED) is 0.769. The van der Waals surface area contributed by atoms with Crippen molar-refractivity contribution in [3.63, 3.8) is 0 Å². The Balaban J connectivity index is 1.77. The number of aliphatic hydroxyl groups is 1. The zero-order valence-electron chi connectivity index (χ0n) is 12.7. The molecule has 2 rings (SSSR count). The van der Waals surface area contributed by atoms with Crippen molar-refractivity contribution < 1.29 is 14.3 Å². The minimum Gasteiger partial charge on any atom is -0.468 e. The van der Waals surface area contributed by atoms with Gasteiger partial charge in [-0.15, -0.1) is 0 Å². The Labute approximate surface area is 125 Å². The van der Waals surface area contributed by atoms with Gasteiger partial charge in [-0.1, -0.05) is 0 Å². The van der Waals surface area contributed by atoms with Gasteiger partial charge in [0.1, 0.15) is 5.76 Å². The van der Waals surface area contributed by atoms with Gasteiger partial charge >= 0.3 is 6.03 Å². The van der Waals surface area contributed by atoms with E-state index in [1.165, 1.54) is 0 Å². The Morgan fingerprint density at radius 3 is 2.71 bits per heavy atom. The van der Waals surface area contributed by atoms with Crippen molar-refractivity contribution in [2.45, 2.75) is 43.9 Å². The third kappa shape index (κ3) is 4.75. The number of carbonyl (C=O) groups is 1. The van der Waals surface area contributed by atoms with Crippen LogP contribution in [0.2, 0.25) is 0 Å². The number of nitrogens with one attached hydrogen (secondary N) is 2. The van der Waals surface area contributed by atoms with Gasteiger partial charge in [0, 0.05) is 12.6 Å². The second kappa shape index (κ2) is 7.47. The highest BCUT2D eigenvalue weighted by atomic mass is 16.3. The van der Waals surface area contributed by atoms with Gasteiger partial charge in [-0.3, -0.25) is 4.90 Å². The van der Waals surface area contributed by atoms with Crippen LogP contribution in [0.4, 0.5) is 4.79 Å². The molecule has 21 heavy (non-hydrogen) atoms. The van der Waals surface area contributed by atoms with Gasteiger partial charge in [-0.2, -0.15) is 0 Å². The minimum atomic E-state index is -0.205. The van der Waals surface area contributed by atoms with Gasteiger partial charge in [0.25, 0.3) is 0 Å². The highest BCUT2D eigenvalue weighted by molar-refractivity contribution is 5.74. The van der Waals surface area contributed by atoms with E-state index in [0.29, 0.717) is 6.54 Å². The zero-order chi connectivity index (χ0) is 15.2. The predicted molar refractivity (Wildman–Crippen MR) is 79.9 cm³/mol. The van der Waals surface area contributed by atoms with E-state index < -0.39 is 0 Å². The Hall–Kier alpha value is -1.53. The first-order chi connectivity index (χ1) is 10.1. The van der Waals surface area contributed by atoms with Gasteiger partial charge in [0.2, 0.25) is 0 Å². The van der Waals surface area contributed by atoms with Gasteiger partial charge in [-0.25, -0.2) is 4.79 Å². The van der Waals surface area contributed by atoms with Crippen molar-refractivity contribution >= 4 is 6.03 Å². The van der Waals surface area contributed by atoms with Crippen LogP contribution in [0.1, 0.15) is 37.5 Å². The number of carbonyl (C=O) groups excluding carboxylic acids is 1. The number of nitrogens with zero attached hydrogens (tertiary/aromatic N) is 1. The summed E-state index contributed by atoms with van der Waals surface area (Å²) >= 11 is 0. The normalized spacial score (nSPS) is 23.8. The SMILES string of the molecule is CN(C)C(CNC(=O)NC1CCC(O)CC1)c1ccco1. The van der Waals surface area contributed by atoms with Crippen molar-refractivity contribution in [2.24, 2.45) is 0 Å². The third-order valence-corrected chi connectivity index (χ3v) is 3.98. The fourth-order valence-corrected chi connectivity index (χ4v) is 2.66. The molecule has 0 bridgehead atoms. The van der Waals surface area contributed by atoms with Crippen LogP contribution in [0.3, 0.4) is 0 Å². The second-order valence-corrected chi connectivity index (χ2v) is 5.85. The van der Waals surface area contributed by atoms with Crippen molar-refractivity contribution in [1.29, 1.82) is 0 Å².